The minimum atomic E-state index is -0.386. The number of hydrogen-bond acceptors (Lipinski definition) is 6. The van der Waals surface area contributed by atoms with Crippen LogP contribution in [0, 0.1) is 0 Å². The number of aliphatic hydroxyl groups excluding tert-OH is 1. The quantitative estimate of drug-likeness (QED) is 0.315. The van der Waals surface area contributed by atoms with Gasteiger partial charge in [0.05, 0.1) is 27.1 Å². The summed E-state index contributed by atoms with van der Waals surface area (Å²) in [7, 11) is 1.66. The molecule has 9 nitrogen and oxygen atoms in total. The van der Waals surface area contributed by atoms with E-state index in [9.17, 15) is 19.5 Å². The number of carbonyl (C=O) groups excluding carboxylic acids is 3. The van der Waals surface area contributed by atoms with E-state index in [1.165, 1.54) is 4.90 Å². The van der Waals surface area contributed by atoms with E-state index >= 15 is 0 Å². The molecule has 0 aliphatic carbocycles. The van der Waals surface area contributed by atoms with Crippen molar-refractivity contribution >= 4 is 46.5 Å². The molecule has 4 rings (SSSR count). The van der Waals surface area contributed by atoms with Gasteiger partial charge in [-0.25, -0.2) is 9.80 Å². The molecule has 38 heavy (non-hydrogen) atoms. The van der Waals surface area contributed by atoms with Gasteiger partial charge in [-0.2, -0.15) is 0 Å². The molecule has 2 heterocycles. The van der Waals surface area contributed by atoms with Crippen LogP contribution in [-0.4, -0.2) is 53.0 Å². The fraction of sp³-hybridized carbons (Fsp3) is 0.296. The van der Waals surface area contributed by atoms with Crippen molar-refractivity contribution in [1.29, 1.82) is 0 Å². The molecule has 0 radical (unpaired) electrons. The van der Waals surface area contributed by atoms with Crippen molar-refractivity contribution in [2.24, 2.45) is 0 Å². The summed E-state index contributed by atoms with van der Waals surface area (Å²) in [6.07, 6.45) is 2.16. The van der Waals surface area contributed by atoms with Crippen LogP contribution < -0.4 is 16.1 Å². The van der Waals surface area contributed by atoms with Gasteiger partial charge < -0.3 is 20.6 Å². The summed E-state index contributed by atoms with van der Waals surface area (Å²) in [6.45, 7) is 2.00. The first kappa shape index (κ1) is 27.6. The highest BCUT2D eigenvalue weighted by molar-refractivity contribution is 7.18. The first-order chi connectivity index (χ1) is 18.3. The monoisotopic (exact) mass is 555 g/mol. The van der Waals surface area contributed by atoms with Gasteiger partial charge >= 0.3 is 6.03 Å². The number of aliphatic hydroxyl groups is 1. The molecule has 1 aliphatic rings. The van der Waals surface area contributed by atoms with E-state index in [1.807, 2.05) is 29.3 Å². The molecule has 1 aromatic heterocycles. The van der Waals surface area contributed by atoms with Crippen LogP contribution in [0.5, 0.6) is 0 Å². The van der Waals surface area contributed by atoms with E-state index in [0.717, 1.165) is 48.4 Å². The van der Waals surface area contributed by atoms with Gasteiger partial charge in [-0.3, -0.25) is 15.0 Å². The average molecular weight is 556 g/mol. The van der Waals surface area contributed by atoms with Gasteiger partial charge in [-0.1, -0.05) is 48.0 Å². The van der Waals surface area contributed by atoms with Gasteiger partial charge in [0, 0.05) is 33.2 Å². The van der Waals surface area contributed by atoms with Crippen LogP contribution in [-0.2, 0) is 19.7 Å². The first-order valence-electron chi connectivity index (χ1n) is 12.3. The zero-order chi connectivity index (χ0) is 27.1. The molecule has 0 saturated carbocycles. The summed E-state index contributed by atoms with van der Waals surface area (Å²) in [5.41, 5.74) is 5.57. The normalized spacial score (nSPS) is 13.2. The summed E-state index contributed by atoms with van der Waals surface area (Å²) in [6, 6.07) is 15.6. The smallest absolute Gasteiger partial charge is 0.329 e. The lowest BCUT2D eigenvalue weighted by Crippen LogP contribution is -2.45. The second-order valence-electron chi connectivity index (χ2n) is 9.03. The summed E-state index contributed by atoms with van der Waals surface area (Å²) < 4.78 is 0.486. The zero-order valence-corrected chi connectivity index (χ0v) is 22.6. The van der Waals surface area contributed by atoms with E-state index < -0.39 is 0 Å². The molecule has 1 aliphatic heterocycles. The first-order valence-corrected chi connectivity index (χ1v) is 13.5. The fourth-order valence-electron chi connectivity index (χ4n) is 4.28. The Hall–Kier alpha value is -3.44. The Morgan fingerprint density at radius 1 is 1.05 bits per heavy atom. The number of carbonyl (C=O) groups is 3. The van der Waals surface area contributed by atoms with Crippen molar-refractivity contribution in [2.45, 2.75) is 32.5 Å². The van der Waals surface area contributed by atoms with Crippen molar-refractivity contribution in [2.75, 3.05) is 25.5 Å². The minimum absolute atomic E-state index is 0.227. The van der Waals surface area contributed by atoms with Gasteiger partial charge in [0.1, 0.15) is 0 Å². The summed E-state index contributed by atoms with van der Waals surface area (Å²) in [5, 5.41) is 17.5. The van der Waals surface area contributed by atoms with Gasteiger partial charge in [-0.05, 0) is 47.7 Å². The van der Waals surface area contributed by atoms with Gasteiger partial charge in [0.2, 0.25) is 0 Å². The lowest BCUT2D eigenvalue weighted by Gasteiger charge is -2.21. The molecule has 1 fully saturated rings. The molecule has 0 spiro atoms. The Balaban J connectivity index is 1.42. The zero-order valence-electron chi connectivity index (χ0n) is 21.0. The number of amides is 4. The lowest BCUT2D eigenvalue weighted by atomic mass is 10.0. The Morgan fingerprint density at radius 2 is 1.79 bits per heavy atom. The van der Waals surface area contributed by atoms with Crippen molar-refractivity contribution in [3.63, 3.8) is 0 Å². The highest BCUT2D eigenvalue weighted by Crippen LogP contribution is 2.26. The fourth-order valence-corrected chi connectivity index (χ4v) is 5.22. The Kier molecular flexibility index (Phi) is 9.35. The summed E-state index contributed by atoms with van der Waals surface area (Å²) in [4.78, 5) is 40.3. The van der Waals surface area contributed by atoms with Crippen molar-refractivity contribution in [3.05, 3.63) is 86.1 Å². The molecular formula is C27H30ClN5O4S. The molecule has 2 aromatic carbocycles. The van der Waals surface area contributed by atoms with Gasteiger partial charge in [0.15, 0.2) is 0 Å². The van der Waals surface area contributed by atoms with Gasteiger partial charge in [-0.15, -0.1) is 11.3 Å². The van der Waals surface area contributed by atoms with Crippen LogP contribution in [0.15, 0.2) is 54.6 Å². The molecule has 0 unspecified atom stereocenters. The van der Waals surface area contributed by atoms with Crippen LogP contribution in [0.4, 0.5) is 10.5 Å². The van der Waals surface area contributed by atoms with E-state index in [0.29, 0.717) is 33.6 Å². The molecule has 1 saturated heterocycles. The van der Waals surface area contributed by atoms with E-state index in [4.69, 9.17) is 11.6 Å². The maximum Gasteiger partial charge on any atom is 0.329 e. The third kappa shape index (κ3) is 7.11. The van der Waals surface area contributed by atoms with Crippen LogP contribution in [0.2, 0.25) is 4.34 Å². The van der Waals surface area contributed by atoms with Crippen molar-refractivity contribution < 1.29 is 19.5 Å². The highest BCUT2D eigenvalue weighted by atomic mass is 35.5. The second kappa shape index (κ2) is 12.9. The maximum atomic E-state index is 13.5. The maximum absolute atomic E-state index is 13.5. The molecule has 200 valence electrons. The predicted octanol–water partition coefficient (Wildman–Crippen LogP) is 4.23. The Labute approximate surface area is 230 Å². The molecule has 0 bridgehead atoms. The number of rotatable bonds is 9. The van der Waals surface area contributed by atoms with E-state index in [1.54, 1.807) is 37.4 Å². The van der Waals surface area contributed by atoms with Crippen LogP contribution in [0.3, 0.4) is 0 Å². The molecule has 4 N–H and O–H groups in total. The van der Waals surface area contributed by atoms with Crippen molar-refractivity contribution in [1.82, 2.24) is 20.7 Å². The number of hydrazine groups is 1. The SMILES string of the molecule is CN(Cc1cccc(CNC(=O)NN2CCCC2)c1)C(=O)c1c(CO)cccc1NC(=O)c1ccc(Cl)s1. The highest BCUT2D eigenvalue weighted by Gasteiger charge is 2.22. The molecular weight excluding hydrogens is 526 g/mol. The summed E-state index contributed by atoms with van der Waals surface area (Å²) >= 11 is 7.09. The number of urea groups is 1. The minimum Gasteiger partial charge on any atom is -0.392 e. The third-order valence-corrected chi connectivity index (χ3v) is 7.39. The van der Waals surface area contributed by atoms with Gasteiger partial charge in [0.25, 0.3) is 11.8 Å². The number of anilines is 1. The molecule has 0 atom stereocenters. The number of hydrogen-bond donors (Lipinski definition) is 4. The number of thiophene rings is 1. The Morgan fingerprint density at radius 3 is 2.50 bits per heavy atom. The van der Waals surface area contributed by atoms with Crippen LogP contribution in [0.25, 0.3) is 0 Å². The van der Waals surface area contributed by atoms with E-state index in [-0.39, 0.29) is 30.0 Å². The standard InChI is InChI=1S/C27H30ClN5O4S/c1-32(16-19-7-4-6-18(14-19)15-29-27(37)31-33-12-2-3-13-33)26(36)24-20(17-34)8-5-9-21(24)30-25(35)22-10-11-23(28)38-22/h4-11,14,34H,2-3,12-13,15-17H2,1H3,(H,30,35)(H2,29,31,37). The van der Waals surface area contributed by atoms with E-state index in [2.05, 4.69) is 16.1 Å². The molecule has 3 aromatic rings. The molecule has 4 amide bonds. The van der Waals surface area contributed by atoms with Crippen LogP contribution >= 0.6 is 22.9 Å². The topological polar surface area (TPSA) is 114 Å². The second-order valence-corrected chi connectivity index (χ2v) is 10.7. The molecule has 11 heteroatoms. The third-order valence-electron chi connectivity index (χ3n) is 6.16. The number of benzene rings is 2. The largest absolute Gasteiger partial charge is 0.392 e. The lowest BCUT2D eigenvalue weighted by molar-refractivity contribution is 0.0782. The summed E-state index contributed by atoms with van der Waals surface area (Å²) in [5.74, 6) is -0.731. The van der Waals surface area contributed by atoms with Crippen molar-refractivity contribution in [3.8, 4) is 0 Å². The number of nitrogens with zero attached hydrogens (tertiary/aromatic N) is 2. The van der Waals surface area contributed by atoms with Crippen LogP contribution in [0.1, 0.15) is 49.6 Å². The average Bonchev–Trinajstić information content (AvgIpc) is 3.59. The number of nitrogens with one attached hydrogen (secondary N) is 3. The predicted molar refractivity (Wildman–Crippen MR) is 148 cm³/mol. The Bertz CT molecular complexity index is 1310. The number of halogens is 1.